The van der Waals surface area contributed by atoms with Gasteiger partial charge in [0, 0.05) is 59.9 Å². The lowest BCUT2D eigenvalue weighted by atomic mass is 10.1. The molecule has 6 nitrogen and oxygen atoms in total. The summed E-state index contributed by atoms with van der Waals surface area (Å²) in [6.07, 6.45) is 2.11. The number of anilines is 1. The number of hydrogen-bond acceptors (Lipinski definition) is 4. The number of fused-ring (bicyclic) bond motifs is 2. The summed E-state index contributed by atoms with van der Waals surface area (Å²) in [4.78, 5) is 19.5. The van der Waals surface area contributed by atoms with Crippen LogP contribution in [0.15, 0.2) is 60.8 Å². The predicted molar refractivity (Wildman–Crippen MR) is 124 cm³/mol. The second-order valence-corrected chi connectivity index (χ2v) is 8.12. The van der Waals surface area contributed by atoms with Crippen LogP contribution in [0.2, 0.25) is 5.15 Å². The Morgan fingerprint density at radius 3 is 2.74 bits per heavy atom. The van der Waals surface area contributed by atoms with Crippen molar-refractivity contribution in [2.24, 2.45) is 0 Å². The first-order valence-electron chi connectivity index (χ1n) is 10.4. The van der Waals surface area contributed by atoms with Gasteiger partial charge >= 0.3 is 0 Å². The van der Waals surface area contributed by atoms with Crippen LogP contribution in [0.5, 0.6) is 0 Å². The van der Waals surface area contributed by atoms with Gasteiger partial charge in [-0.1, -0.05) is 11.6 Å². The zero-order chi connectivity index (χ0) is 21.2. The third-order valence-corrected chi connectivity index (χ3v) is 5.92. The molecule has 0 radical (unpaired) electrons. The zero-order valence-corrected chi connectivity index (χ0v) is 17.8. The van der Waals surface area contributed by atoms with Crippen LogP contribution >= 0.6 is 11.6 Å². The molecule has 7 heteroatoms. The van der Waals surface area contributed by atoms with Crippen LogP contribution in [0, 0.1) is 0 Å². The Morgan fingerprint density at radius 1 is 1.00 bits per heavy atom. The van der Waals surface area contributed by atoms with Crippen molar-refractivity contribution in [2.45, 2.75) is 6.54 Å². The van der Waals surface area contributed by atoms with Gasteiger partial charge in [0.15, 0.2) is 0 Å². The number of carbonyl (C=O) groups is 1. The Hall–Kier alpha value is -2.93. The molecule has 5 rings (SSSR count). The van der Waals surface area contributed by atoms with Gasteiger partial charge < -0.3 is 14.6 Å². The summed E-state index contributed by atoms with van der Waals surface area (Å²) in [7, 11) is 0. The quantitative estimate of drug-likeness (QED) is 0.472. The van der Waals surface area contributed by atoms with Gasteiger partial charge in [-0.05, 0) is 54.6 Å². The number of rotatable bonds is 5. The number of carbonyl (C=O) groups excluding carboxylic acids is 1. The Labute approximate surface area is 185 Å². The lowest BCUT2D eigenvalue weighted by molar-refractivity contribution is 0.0365. The highest BCUT2D eigenvalue weighted by Gasteiger charge is 2.12. The minimum atomic E-state index is -0.150. The second-order valence-electron chi connectivity index (χ2n) is 7.73. The lowest BCUT2D eigenvalue weighted by Gasteiger charge is -2.26. The van der Waals surface area contributed by atoms with E-state index in [2.05, 4.69) is 38.1 Å². The zero-order valence-electron chi connectivity index (χ0n) is 17.1. The summed E-state index contributed by atoms with van der Waals surface area (Å²) in [6, 6.07) is 17.1. The molecule has 31 heavy (non-hydrogen) atoms. The molecule has 1 N–H and O–H groups in total. The third kappa shape index (κ3) is 4.42. The van der Waals surface area contributed by atoms with E-state index in [0.717, 1.165) is 61.4 Å². The van der Waals surface area contributed by atoms with Crippen molar-refractivity contribution < 1.29 is 9.53 Å². The van der Waals surface area contributed by atoms with Crippen LogP contribution < -0.4 is 5.32 Å². The normalized spacial score (nSPS) is 14.9. The fourth-order valence-electron chi connectivity index (χ4n) is 3.99. The number of aromatic nitrogens is 2. The summed E-state index contributed by atoms with van der Waals surface area (Å²) in [5.41, 5.74) is 3.29. The number of ether oxygens (including phenoxy) is 1. The van der Waals surface area contributed by atoms with Crippen LogP contribution in [-0.4, -0.2) is 53.2 Å². The van der Waals surface area contributed by atoms with E-state index in [4.69, 9.17) is 16.3 Å². The smallest absolute Gasteiger partial charge is 0.255 e. The molecule has 0 atom stereocenters. The maximum absolute atomic E-state index is 12.8. The monoisotopic (exact) mass is 434 g/mol. The van der Waals surface area contributed by atoms with E-state index in [0.29, 0.717) is 10.7 Å². The van der Waals surface area contributed by atoms with Gasteiger partial charge in [0.2, 0.25) is 0 Å². The van der Waals surface area contributed by atoms with Crippen molar-refractivity contribution in [1.82, 2.24) is 14.5 Å². The molecule has 1 fully saturated rings. The first-order valence-corrected chi connectivity index (χ1v) is 10.8. The molecule has 2 aromatic heterocycles. The molecule has 1 saturated heterocycles. The highest BCUT2D eigenvalue weighted by Crippen LogP contribution is 2.22. The summed E-state index contributed by atoms with van der Waals surface area (Å²) in [5, 5.41) is 5.43. The topological polar surface area (TPSA) is 59.4 Å². The number of halogens is 1. The van der Waals surface area contributed by atoms with Gasteiger partial charge in [-0.3, -0.25) is 9.69 Å². The van der Waals surface area contributed by atoms with Crippen LogP contribution in [0.3, 0.4) is 0 Å². The summed E-state index contributed by atoms with van der Waals surface area (Å²) in [5.74, 6) is -0.150. The van der Waals surface area contributed by atoms with Crippen LogP contribution in [-0.2, 0) is 11.3 Å². The average molecular weight is 435 g/mol. The number of nitrogens with one attached hydrogen (secondary N) is 1. The highest BCUT2D eigenvalue weighted by molar-refractivity contribution is 6.29. The van der Waals surface area contributed by atoms with Crippen molar-refractivity contribution >= 4 is 45.0 Å². The molecule has 2 aromatic carbocycles. The minimum Gasteiger partial charge on any atom is -0.379 e. The molecule has 0 saturated carbocycles. The molecule has 1 amide bonds. The molecule has 0 aliphatic carbocycles. The SMILES string of the molecule is O=C(Nc1ccc2c(ccn2CCN2CCOCC2)c1)c1ccc2nc(Cl)ccc2c1. The first-order chi connectivity index (χ1) is 15.2. The Bertz CT molecular complexity index is 1250. The van der Waals surface area contributed by atoms with Crippen molar-refractivity contribution in [3.63, 3.8) is 0 Å². The molecule has 3 heterocycles. The summed E-state index contributed by atoms with van der Waals surface area (Å²) < 4.78 is 7.68. The molecule has 0 spiro atoms. The molecule has 0 unspecified atom stereocenters. The molecule has 158 valence electrons. The van der Waals surface area contributed by atoms with Crippen LogP contribution in [0.25, 0.3) is 21.8 Å². The van der Waals surface area contributed by atoms with E-state index in [1.165, 1.54) is 5.52 Å². The molecule has 1 aliphatic heterocycles. The fraction of sp³-hybridized carbons (Fsp3) is 0.250. The van der Waals surface area contributed by atoms with Gasteiger partial charge in [0.1, 0.15) is 5.15 Å². The van der Waals surface area contributed by atoms with E-state index in [9.17, 15) is 4.79 Å². The first kappa shape index (κ1) is 20.0. The van der Waals surface area contributed by atoms with E-state index >= 15 is 0 Å². The fourth-order valence-corrected chi connectivity index (χ4v) is 4.15. The van der Waals surface area contributed by atoms with E-state index in [1.807, 2.05) is 30.3 Å². The molecular formula is C24H23ClN4O2. The Kier molecular flexibility index (Phi) is 5.59. The van der Waals surface area contributed by atoms with Crippen LogP contribution in [0.4, 0.5) is 5.69 Å². The maximum Gasteiger partial charge on any atom is 0.255 e. The summed E-state index contributed by atoms with van der Waals surface area (Å²) in [6.45, 7) is 5.56. The third-order valence-electron chi connectivity index (χ3n) is 5.71. The van der Waals surface area contributed by atoms with Gasteiger partial charge in [0.05, 0.1) is 18.7 Å². The van der Waals surface area contributed by atoms with Crippen LogP contribution in [0.1, 0.15) is 10.4 Å². The number of benzene rings is 2. The molecule has 4 aromatic rings. The Morgan fingerprint density at radius 2 is 1.87 bits per heavy atom. The van der Waals surface area contributed by atoms with E-state index in [-0.39, 0.29) is 5.91 Å². The maximum atomic E-state index is 12.8. The predicted octanol–water partition coefficient (Wildman–Crippen LogP) is 4.43. The van der Waals surface area contributed by atoms with Crippen molar-refractivity contribution in [3.8, 4) is 0 Å². The van der Waals surface area contributed by atoms with Gasteiger partial charge in [-0.15, -0.1) is 0 Å². The minimum absolute atomic E-state index is 0.150. The van der Waals surface area contributed by atoms with E-state index < -0.39 is 0 Å². The van der Waals surface area contributed by atoms with E-state index in [1.54, 1.807) is 12.1 Å². The molecular weight excluding hydrogens is 412 g/mol. The van der Waals surface area contributed by atoms with Crippen molar-refractivity contribution in [1.29, 1.82) is 0 Å². The largest absolute Gasteiger partial charge is 0.379 e. The average Bonchev–Trinajstić information content (AvgIpc) is 3.20. The number of hydrogen-bond donors (Lipinski definition) is 1. The number of pyridine rings is 1. The molecule has 0 bridgehead atoms. The van der Waals surface area contributed by atoms with Gasteiger partial charge in [0.25, 0.3) is 5.91 Å². The van der Waals surface area contributed by atoms with Gasteiger partial charge in [-0.25, -0.2) is 4.98 Å². The number of nitrogens with zero attached hydrogens (tertiary/aromatic N) is 3. The highest BCUT2D eigenvalue weighted by atomic mass is 35.5. The summed E-state index contributed by atoms with van der Waals surface area (Å²) >= 11 is 5.94. The second kappa shape index (κ2) is 8.67. The lowest BCUT2D eigenvalue weighted by Crippen LogP contribution is -2.38. The standard InChI is InChI=1S/C24H23ClN4O2/c25-23-6-2-17-15-19(1-4-21(17)27-23)24(30)26-20-3-5-22-18(16-20)7-8-29(22)10-9-28-11-13-31-14-12-28/h1-8,15-16H,9-14H2,(H,26,30). The Balaban J connectivity index is 1.29. The molecule has 1 aliphatic rings. The van der Waals surface area contributed by atoms with Gasteiger partial charge in [-0.2, -0.15) is 0 Å². The number of amides is 1. The number of morpholine rings is 1. The van der Waals surface area contributed by atoms with Crippen molar-refractivity contribution in [2.75, 3.05) is 38.2 Å². The van der Waals surface area contributed by atoms with Crippen molar-refractivity contribution in [3.05, 3.63) is 71.5 Å².